The Morgan fingerprint density at radius 3 is 3.05 bits per heavy atom. The standard InChI is InChI=1S/C13H20ClN3OS/c1-3-19-10-5-4-9(6-10)15-12-7-11(14)16-13(17-12)8-18-2/h7,9-10H,3-6,8H2,1-2H3,(H,15,16,17). The Kier molecular flexibility index (Phi) is 5.73. The molecule has 4 nitrogen and oxygen atoms in total. The summed E-state index contributed by atoms with van der Waals surface area (Å²) in [4.78, 5) is 8.55. The Hall–Kier alpha value is -0.520. The second-order valence-corrected chi connectivity index (χ2v) is 6.62. The van der Waals surface area contributed by atoms with E-state index in [2.05, 4.69) is 22.2 Å². The van der Waals surface area contributed by atoms with Crippen molar-refractivity contribution >= 4 is 29.2 Å². The maximum Gasteiger partial charge on any atom is 0.158 e. The van der Waals surface area contributed by atoms with Crippen LogP contribution in [0.5, 0.6) is 0 Å². The molecule has 0 aliphatic heterocycles. The van der Waals surface area contributed by atoms with E-state index in [0.29, 0.717) is 23.6 Å². The highest BCUT2D eigenvalue weighted by Gasteiger charge is 2.24. The van der Waals surface area contributed by atoms with Crippen LogP contribution in [0.2, 0.25) is 5.15 Å². The lowest BCUT2D eigenvalue weighted by molar-refractivity contribution is 0.178. The van der Waals surface area contributed by atoms with E-state index in [1.54, 1.807) is 13.2 Å². The highest BCUT2D eigenvalue weighted by Crippen LogP contribution is 2.31. The van der Waals surface area contributed by atoms with Gasteiger partial charge in [0.2, 0.25) is 0 Å². The third kappa shape index (κ3) is 4.51. The van der Waals surface area contributed by atoms with E-state index in [0.717, 1.165) is 11.1 Å². The number of rotatable bonds is 6. The molecular weight excluding hydrogens is 282 g/mol. The van der Waals surface area contributed by atoms with E-state index in [1.165, 1.54) is 25.0 Å². The van der Waals surface area contributed by atoms with E-state index < -0.39 is 0 Å². The van der Waals surface area contributed by atoms with Crippen LogP contribution in [0.25, 0.3) is 0 Å². The van der Waals surface area contributed by atoms with Crippen LogP contribution in [0.1, 0.15) is 32.0 Å². The monoisotopic (exact) mass is 301 g/mol. The van der Waals surface area contributed by atoms with Crippen molar-refractivity contribution in [3.05, 3.63) is 17.0 Å². The van der Waals surface area contributed by atoms with Gasteiger partial charge in [-0.1, -0.05) is 18.5 Å². The summed E-state index contributed by atoms with van der Waals surface area (Å²) >= 11 is 8.05. The smallest absolute Gasteiger partial charge is 0.158 e. The van der Waals surface area contributed by atoms with E-state index >= 15 is 0 Å². The van der Waals surface area contributed by atoms with Gasteiger partial charge in [-0.25, -0.2) is 9.97 Å². The lowest BCUT2D eigenvalue weighted by atomic mass is 10.2. The fourth-order valence-electron chi connectivity index (χ4n) is 2.40. The van der Waals surface area contributed by atoms with Gasteiger partial charge in [-0.3, -0.25) is 0 Å². The minimum Gasteiger partial charge on any atom is -0.377 e. The number of nitrogens with zero attached hydrogens (tertiary/aromatic N) is 2. The van der Waals surface area contributed by atoms with E-state index in [-0.39, 0.29) is 0 Å². The van der Waals surface area contributed by atoms with E-state index in [1.807, 2.05) is 11.8 Å². The predicted octanol–water partition coefficient (Wildman–Crippen LogP) is 3.36. The number of nitrogens with one attached hydrogen (secondary N) is 1. The van der Waals surface area contributed by atoms with Gasteiger partial charge in [0.05, 0.1) is 0 Å². The minimum absolute atomic E-state index is 0.383. The Morgan fingerprint density at radius 2 is 2.32 bits per heavy atom. The number of hydrogen-bond donors (Lipinski definition) is 1. The number of methoxy groups -OCH3 is 1. The van der Waals surface area contributed by atoms with Crippen molar-refractivity contribution in [1.82, 2.24) is 9.97 Å². The van der Waals surface area contributed by atoms with Crippen LogP contribution in [-0.4, -0.2) is 34.1 Å². The van der Waals surface area contributed by atoms with Gasteiger partial charge in [0, 0.05) is 24.5 Å². The van der Waals surface area contributed by atoms with Crippen molar-refractivity contribution in [3.8, 4) is 0 Å². The molecule has 0 saturated heterocycles. The van der Waals surface area contributed by atoms with Crippen molar-refractivity contribution in [2.45, 2.75) is 44.1 Å². The number of hydrogen-bond acceptors (Lipinski definition) is 5. The highest BCUT2D eigenvalue weighted by atomic mass is 35.5. The SMILES string of the molecule is CCSC1CCC(Nc2cc(Cl)nc(COC)n2)C1. The molecule has 1 aromatic rings. The van der Waals surface area contributed by atoms with Crippen molar-refractivity contribution in [1.29, 1.82) is 0 Å². The fraction of sp³-hybridized carbons (Fsp3) is 0.692. The quantitative estimate of drug-likeness (QED) is 0.816. The maximum absolute atomic E-state index is 6.00. The topological polar surface area (TPSA) is 47.0 Å². The number of anilines is 1. The summed E-state index contributed by atoms with van der Waals surface area (Å²) in [6.07, 6.45) is 3.67. The molecule has 2 atom stereocenters. The van der Waals surface area contributed by atoms with Crippen LogP contribution in [0.3, 0.4) is 0 Å². The fourth-order valence-corrected chi connectivity index (χ4v) is 3.74. The summed E-state index contributed by atoms with van der Waals surface area (Å²) in [5.74, 6) is 2.61. The van der Waals surface area contributed by atoms with Crippen LogP contribution in [0.15, 0.2) is 6.07 Å². The molecule has 2 unspecified atom stereocenters. The van der Waals surface area contributed by atoms with Gasteiger partial charge in [0.1, 0.15) is 17.6 Å². The van der Waals surface area contributed by atoms with E-state index in [9.17, 15) is 0 Å². The van der Waals surface area contributed by atoms with E-state index in [4.69, 9.17) is 16.3 Å². The first-order valence-electron chi connectivity index (χ1n) is 6.61. The van der Waals surface area contributed by atoms with Crippen LogP contribution in [0, 0.1) is 0 Å². The third-order valence-corrected chi connectivity index (χ3v) is 4.58. The van der Waals surface area contributed by atoms with Crippen molar-refractivity contribution in [3.63, 3.8) is 0 Å². The zero-order chi connectivity index (χ0) is 13.7. The summed E-state index contributed by atoms with van der Waals surface area (Å²) < 4.78 is 5.04. The van der Waals surface area contributed by atoms with Gasteiger partial charge >= 0.3 is 0 Å². The van der Waals surface area contributed by atoms with Crippen molar-refractivity contribution < 1.29 is 4.74 Å². The molecule has 1 saturated carbocycles. The summed E-state index contributed by atoms with van der Waals surface area (Å²) in [5, 5.41) is 4.70. The third-order valence-electron chi connectivity index (χ3n) is 3.15. The van der Waals surface area contributed by atoms with Gasteiger partial charge in [0.15, 0.2) is 5.82 Å². The molecule has 0 radical (unpaired) electrons. The van der Waals surface area contributed by atoms with Crippen molar-refractivity contribution in [2.24, 2.45) is 0 Å². The zero-order valence-electron chi connectivity index (χ0n) is 11.4. The van der Waals surface area contributed by atoms with Crippen molar-refractivity contribution in [2.75, 3.05) is 18.2 Å². The van der Waals surface area contributed by atoms with Crippen LogP contribution in [0.4, 0.5) is 5.82 Å². The van der Waals surface area contributed by atoms with Crippen LogP contribution >= 0.6 is 23.4 Å². The molecule has 19 heavy (non-hydrogen) atoms. The summed E-state index contributed by atoms with van der Waals surface area (Å²) in [5.41, 5.74) is 0. The zero-order valence-corrected chi connectivity index (χ0v) is 12.9. The van der Waals surface area contributed by atoms with Crippen LogP contribution < -0.4 is 5.32 Å². The molecule has 0 aromatic carbocycles. The molecule has 6 heteroatoms. The van der Waals surface area contributed by atoms with Gasteiger partial charge in [-0.2, -0.15) is 11.8 Å². The lowest BCUT2D eigenvalue weighted by Crippen LogP contribution is -2.17. The average Bonchev–Trinajstić information content (AvgIpc) is 2.76. The Labute approximate surface area is 123 Å². The predicted molar refractivity (Wildman–Crippen MR) is 80.9 cm³/mol. The highest BCUT2D eigenvalue weighted by molar-refractivity contribution is 7.99. The first-order valence-corrected chi connectivity index (χ1v) is 8.04. The second kappa shape index (κ2) is 7.31. The largest absolute Gasteiger partial charge is 0.377 e. The summed E-state index contributed by atoms with van der Waals surface area (Å²) in [6.45, 7) is 2.60. The second-order valence-electron chi connectivity index (χ2n) is 4.66. The Bertz CT molecular complexity index is 419. The molecule has 1 heterocycles. The molecule has 1 aromatic heterocycles. The molecule has 1 fully saturated rings. The molecule has 1 aliphatic carbocycles. The first kappa shape index (κ1) is 14.9. The molecule has 1 N–H and O–H groups in total. The molecule has 106 valence electrons. The van der Waals surface area contributed by atoms with Gasteiger partial charge in [-0.05, 0) is 25.0 Å². The molecule has 2 rings (SSSR count). The average molecular weight is 302 g/mol. The number of ether oxygens (including phenoxy) is 1. The number of halogens is 1. The number of thioether (sulfide) groups is 1. The summed E-state index contributed by atoms with van der Waals surface area (Å²) in [7, 11) is 1.63. The minimum atomic E-state index is 0.383. The Morgan fingerprint density at radius 1 is 1.47 bits per heavy atom. The molecule has 1 aliphatic rings. The molecular formula is C13H20ClN3OS. The van der Waals surface area contributed by atoms with Gasteiger partial charge in [0.25, 0.3) is 0 Å². The summed E-state index contributed by atoms with van der Waals surface area (Å²) in [6, 6.07) is 2.27. The number of aromatic nitrogens is 2. The first-order chi connectivity index (χ1) is 9.21. The molecule has 0 spiro atoms. The maximum atomic E-state index is 6.00. The molecule has 0 amide bonds. The normalized spacial score (nSPS) is 22.7. The Balaban J connectivity index is 1.95. The van der Waals surface area contributed by atoms with Gasteiger partial charge in [-0.15, -0.1) is 0 Å². The molecule has 0 bridgehead atoms. The lowest BCUT2D eigenvalue weighted by Gasteiger charge is -2.14. The van der Waals surface area contributed by atoms with Crippen LogP contribution in [-0.2, 0) is 11.3 Å². The van der Waals surface area contributed by atoms with Gasteiger partial charge < -0.3 is 10.1 Å².